The van der Waals surface area contributed by atoms with Crippen LogP contribution in [0.25, 0.3) is 0 Å². The van der Waals surface area contributed by atoms with Crippen LogP contribution in [0.5, 0.6) is 0 Å². The SMILES string of the molecule is C[C@]12CC/C(=N\O)C[C@H]1CC[C@@H]1[C@@H]2CC[C@]2(C)[C@@H](C3=CC(=O)OC3)CC[C@]12O. The van der Waals surface area contributed by atoms with Gasteiger partial charge in [0.15, 0.2) is 0 Å². The second kappa shape index (κ2) is 6.07. The Morgan fingerprint density at radius 1 is 1.11 bits per heavy atom. The lowest BCUT2D eigenvalue weighted by Gasteiger charge is -2.63. The Hall–Kier alpha value is -1.36. The maximum Gasteiger partial charge on any atom is 0.331 e. The molecule has 0 saturated heterocycles. The molecule has 0 aromatic heterocycles. The number of fused-ring (bicyclic) bond motifs is 5. The summed E-state index contributed by atoms with van der Waals surface area (Å²) in [6.45, 7) is 5.12. The Bertz CT molecular complexity index is 760. The highest BCUT2D eigenvalue weighted by molar-refractivity contribution is 5.85. The molecule has 2 N–H and O–H groups in total. The summed E-state index contributed by atoms with van der Waals surface area (Å²) >= 11 is 0. The number of ether oxygens (including phenoxy) is 1. The Kier molecular flexibility index (Phi) is 4.04. The lowest BCUT2D eigenvalue weighted by molar-refractivity contribution is -0.200. The van der Waals surface area contributed by atoms with Crippen molar-refractivity contribution in [2.45, 2.75) is 77.2 Å². The summed E-state index contributed by atoms with van der Waals surface area (Å²) in [6.07, 6.45) is 10.7. The average molecular weight is 388 g/mol. The number of esters is 1. The molecule has 0 spiro atoms. The van der Waals surface area contributed by atoms with Crippen LogP contribution in [-0.2, 0) is 9.53 Å². The van der Waals surface area contributed by atoms with Gasteiger partial charge in [-0.05, 0) is 92.4 Å². The second-order valence-corrected chi connectivity index (χ2v) is 10.7. The first kappa shape index (κ1) is 18.7. The molecule has 28 heavy (non-hydrogen) atoms. The molecule has 0 unspecified atom stereocenters. The van der Waals surface area contributed by atoms with Gasteiger partial charge in [-0.1, -0.05) is 19.0 Å². The molecule has 0 aromatic carbocycles. The van der Waals surface area contributed by atoms with Crippen molar-refractivity contribution < 1.29 is 19.8 Å². The molecule has 4 aliphatic carbocycles. The third-order valence-electron chi connectivity index (χ3n) is 9.96. The van der Waals surface area contributed by atoms with Gasteiger partial charge in [0.2, 0.25) is 0 Å². The maximum atomic E-state index is 12.1. The molecule has 7 atom stereocenters. The minimum atomic E-state index is -0.646. The van der Waals surface area contributed by atoms with Crippen LogP contribution < -0.4 is 0 Å². The van der Waals surface area contributed by atoms with Gasteiger partial charge in [0.25, 0.3) is 0 Å². The van der Waals surface area contributed by atoms with Crippen LogP contribution in [0.2, 0.25) is 0 Å². The Labute approximate surface area is 167 Å². The van der Waals surface area contributed by atoms with Gasteiger partial charge in [0.1, 0.15) is 6.61 Å². The summed E-state index contributed by atoms with van der Waals surface area (Å²) in [5.74, 6) is 1.49. The molecule has 5 aliphatic rings. The highest BCUT2D eigenvalue weighted by Crippen LogP contribution is 2.69. The molecule has 0 amide bonds. The van der Waals surface area contributed by atoms with E-state index in [1.54, 1.807) is 6.08 Å². The molecule has 1 aliphatic heterocycles. The predicted octanol–water partition coefficient (Wildman–Crippen LogP) is 4.07. The summed E-state index contributed by atoms with van der Waals surface area (Å²) in [4.78, 5) is 11.6. The van der Waals surface area contributed by atoms with Gasteiger partial charge < -0.3 is 15.1 Å². The van der Waals surface area contributed by atoms with Crippen LogP contribution in [0.1, 0.15) is 71.6 Å². The molecule has 5 nitrogen and oxygen atoms in total. The van der Waals surface area contributed by atoms with E-state index < -0.39 is 5.60 Å². The highest BCUT2D eigenvalue weighted by atomic mass is 16.5. The molecule has 4 saturated carbocycles. The fourth-order valence-corrected chi connectivity index (χ4v) is 8.30. The molecule has 154 valence electrons. The zero-order valence-corrected chi connectivity index (χ0v) is 17.1. The molecule has 0 radical (unpaired) electrons. The van der Waals surface area contributed by atoms with Gasteiger partial charge in [-0.2, -0.15) is 0 Å². The van der Waals surface area contributed by atoms with E-state index in [2.05, 4.69) is 19.0 Å². The van der Waals surface area contributed by atoms with Crippen molar-refractivity contribution in [2.24, 2.45) is 39.7 Å². The molecule has 0 bridgehead atoms. The van der Waals surface area contributed by atoms with Gasteiger partial charge >= 0.3 is 5.97 Å². The predicted molar refractivity (Wildman–Crippen MR) is 105 cm³/mol. The van der Waals surface area contributed by atoms with E-state index in [9.17, 15) is 15.1 Å². The van der Waals surface area contributed by atoms with Gasteiger partial charge in [0.05, 0.1) is 11.3 Å². The molecular weight excluding hydrogens is 354 g/mol. The molecule has 5 heteroatoms. The number of hydrogen-bond acceptors (Lipinski definition) is 5. The van der Waals surface area contributed by atoms with Gasteiger partial charge in [-0.15, -0.1) is 0 Å². The number of rotatable bonds is 1. The van der Waals surface area contributed by atoms with Crippen molar-refractivity contribution in [3.05, 3.63) is 11.6 Å². The molecule has 0 aromatic rings. The standard InChI is InChI=1S/C23H33NO4/c1-21-8-5-16(24-27)12-15(21)3-4-19-18(21)6-9-22(2)17(7-10-23(19,22)26)14-11-20(25)28-13-14/h11,15,17-19,26-27H,3-10,12-13H2,1-2H3/b24-16+/t15-,17-,18+,19-,21+,22-,23+/m1/s1. The van der Waals surface area contributed by atoms with Gasteiger partial charge in [-0.25, -0.2) is 4.79 Å². The van der Waals surface area contributed by atoms with Crippen molar-refractivity contribution >= 4 is 11.7 Å². The number of nitrogens with zero attached hydrogens (tertiary/aromatic N) is 1. The quantitative estimate of drug-likeness (QED) is 0.404. The lowest BCUT2D eigenvalue weighted by atomic mass is 9.43. The first-order chi connectivity index (χ1) is 13.3. The largest absolute Gasteiger partial charge is 0.458 e. The Balaban J connectivity index is 1.46. The summed E-state index contributed by atoms with van der Waals surface area (Å²) < 4.78 is 5.20. The summed E-state index contributed by atoms with van der Waals surface area (Å²) in [7, 11) is 0. The molecule has 4 fully saturated rings. The minimum Gasteiger partial charge on any atom is -0.458 e. The first-order valence-electron chi connectivity index (χ1n) is 11.1. The van der Waals surface area contributed by atoms with Crippen LogP contribution in [0, 0.1) is 34.5 Å². The third-order valence-corrected chi connectivity index (χ3v) is 9.96. The Morgan fingerprint density at radius 2 is 1.93 bits per heavy atom. The van der Waals surface area contributed by atoms with Crippen molar-refractivity contribution in [1.82, 2.24) is 0 Å². The fourth-order valence-electron chi connectivity index (χ4n) is 8.30. The Morgan fingerprint density at radius 3 is 2.64 bits per heavy atom. The van der Waals surface area contributed by atoms with Gasteiger partial charge in [0, 0.05) is 11.5 Å². The van der Waals surface area contributed by atoms with Crippen LogP contribution in [0.15, 0.2) is 16.8 Å². The van der Waals surface area contributed by atoms with Crippen molar-refractivity contribution in [3.63, 3.8) is 0 Å². The lowest BCUT2D eigenvalue weighted by Crippen LogP contribution is -2.62. The number of cyclic esters (lactones) is 1. The van der Waals surface area contributed by atoms with Crippen LogP contribution in [0.4, 0.5) is 0 Å². The fraction of sp³-hybridized carbons (Fsp3) is 0.826. The molecule has 5 rings (SSSR count). The van der Waals surface area contributed by atoms with E-state index in [1.807, 2.05) is 0 Å². The summed E-state index contributed by atoms with van der Waals surface area (Å²) in [5.41, 5.74) is 1.48. The second-order valence-electron chi connectivity index (χ2n) is 10.7. The monoisotopic (exact) mass is 387 g/mol. The van der Waals surface area contributed by atoms with Crippen LogP contribution in [-0.4, -0.2) is 34.2 Å². The zero-order chi connectivity index (χ0) is 19.7. The van der Waals surface area contributed by atoms with E-state index in [4.69, 9.17) is 4.74 Å². The maximum absolute atomic E-state index is 12.1. The molecular formula is C23H33NO4. The number of oxime groups is 1. The third kappa shape index (κ3) is 2.28. The summed E-state index contributed by atoms with van der Waals surface area (Å²) in [5, 5.41) is 24.9. The van der Waals surface area contributed by atoms with Crippen molar-refractivity contribution in [1.29, 1.82) is 0 Å². The van der Waals surface area contributed by atoms with E-state index >= 15 is 0 Å². The number of carbonyl (C=O) groups is 1. The first-order valence-corrected chi connectivity index (χ1v) is 11.1. The number of carbonyl (C=O) groups excluding carboxylic acids is 1. The van der Waals surface area contributed by atoms with Crippen LogP contribution >= 0.6 is 0 Å². The topological polar surface area (TPSA) is 79.1 Å². The van der Waals surface area contributed by atoms with E-state index in [0.29, 0.717) is 24.4 Å². The number of aliphatic hydroxyl groups is 1. The van der Waals surface area contributed by atoms with E-state index in [0.717, 1.165) is 69.1 Å². The minimum absolute atomic E-state index is 0.163. The van der Waals surface area contributed by atoms with E-state index in [-0.39, 0.29) is 22.7 Å². The van der Waals surface area contributed by atoms with Crippen molar-refractivity contribution in [2.75, 3.05) is 6.61 Å². The smallest absolute Gasteiger partial charge is 0.331 e. The van der Waals surface area contributed by atoms with Gasteiger partial charge in [-0.3, -0.25) is 0 Å². The highest BCUT2D eigenvalue weighted by Gasteiger charge is 2.67. The zero-order valence-electron chi connectivity index (χ0n) is 17.1. The molecule has 1 heterocycles. The van der Waals surface area contributed by atoms with E-state index in [1.165, 1.54) is 0 Å². The van der Waals surface area contributed by atoms with Crippen molar-refractivity contribution in [3.8, 4) is 0 Å². The normalized spacial score (nSPS) is 51.9. The van der Waals surface area contributed by atoms with Crippen LogP contribution in [0.3, 0.4) is 0 Å². The summed E-state index contributed by atoms with van der Waals surface area (Å²) in [6, 6.07) is 0. The average Bonchev–Trinajstić information content (AvgIpc) is 3.21. The number of hydrogen-bond donors (Lipinski definition) is 2.